The standard InChI is InChI=1S/C14H28OSe.K/c1-2-3-4-5-6-7-8-9-10-11-12-13-14(15)16;/h2-13H2,1H3,(H,15,16);/q;+1/p-1. The van der Waals surface area contributed by atoms with E-state index in [4.69, 9.17) is 0 Å². The molecule has 0 aromatic rings. The van der Waals surface area contributed by atoms with Gasteiger partial charge in [0.1, 0.15) is 0 Å². The molecule has 0 atom stereocenters. The van der Waals surface area contributed by atoms with Crippen LogP contribution >= 0.6 is 0 Å². The van der Waals surface area contributed by atoms with Gasteiger partial charge in [-0.1, -0.05) is 13.3 Å². The summed E-state index contributed by atoms with van der Waals surface area (Å²) in [6.07, 6.45) is 15.5. The fourth-order valence-corrected chi connectivity index (χ4v) is 2.24. The molecule has 0 rings (SSSR count). The van der Waals surface area contributed by atoms with Crippen LogP contribution in [0.4, 0.5) is 0 Å². The second-order valence-corrected chi connectivity index (χ2v) is 5.61. The predicted molar refractivity (Wildman–Crippen MR) is 71.8 cm³/mol. The van der Waals surface area contributed by atoms with Crippen molar-refractivity contribution in [2.24, 2.45) is 0 Å². The van der Waals surface area contributed by atoms with Crippen LogP contribution in [0.3, 0.4) is 0 Å². The molecule has 0 aliphatic carbocycles. The van der Waals surface area contributed by atoms with Gasteiger partial charge in [-0.15, -0.1) is 0 Å². The third kappa shape index (κ3) is 20.3. The molecule has 0 aliphatic rings. The van der Waals surface area contributed by atoms with E-state index in [9.17, 15) is 5.11 Å². The first kappa shape index (κ1) is 21.1. The van der Waals surface area contributed by atoms with Gasteiger partial charge in [-0.3, -0.25) is 0 Å². The maximum atomic E-state index is 10.6. The first-order chi connectivity index (χ1) is 7.77. The summed E-state index contributed by atoms with van der Waals surface area (Å²) in [5.41, 5.74) is 0. The molecule has 3 heteroatoms. The molecule has 0 spiro atoms. The van der Waals surface area contributed by atoms with E-state index in [1.807, 2.05) is 0 Å². The molecule has 0 radical (unpaired) electrons. The van der Waals surface area contributed by atoms with Gasteiger partial charge in [-0.05, 0) is 0 Å². The molecule has 0 aliphatic heterocycles. The Bertz CT molecular complexity index is 162. The van der Waals surface area contributed by atoms with Gasteiger partial charge < -0.3 is 0 Å². The summed E-state index contributed by atoms with van der Waals surface area (Å²) in [5, 5.41) is 10.6. The Balaban J connectivity index is 0. The van der Waals surface area contributed by atoms with Crippen LogP contribution in [0.25, 0.3) is 0 Å². The number of hydrogen-bond acceptors (Lipinski definition) is 1. The summed E-state index contributed by atoms with van der Waals surface area (Å²) in [6, 6.07) is 0. The van der Waals surface area contributed by atoms with Crippen molar-refractivity contribution in [1.82, 2.24) is 0 Å². The van der Waals surface area contributed by atoms with Gasteiger partial charge >= 0.3 is 147 Å². The van der Waals surface area contributed by atoms with E-state index < -0.39 is 0 Å². The van der Waals surface area contributed by atoms with E-state index in [2.05, 4.69) is 22.5 Å². The Morgan fingerprint density at radius 1 is 0.765 bits per heavy atom. The Morgan fingerprint density at radius 3 is 1.47 bits per heavy atom. The van der Waals surface area contributed by atoms with Crippen molar-refractivity contribution in [2.75, 3.05) is 0 Å². The van der Waals surface area contributed by atoms with Crippen molar-refractivity contribution in [1.29, 1.82) is 0 Å². The maximum Gasteiger partial charge on any atom is 1.00 e. The van der Waals surface area contributed by atoms with Crippen LogP contribution in [-0.2, 0) is 0 Å². The molecule has 17 heavy (non-hydrogen) atoms. The molecule has 0 fully saturated rings. The van der Waals surface area contributed by atoms with Crippen molar-refractivity contribution in [3.8, 4) is 0 Å². The first-order valence-corrected chi connectivity index (χ1v) is 7.83. The molecule has 0 unspecified atom stereocenters. The molecular weight excluding hydrogens is 302 g/mol. The summed E-state index contributed by atoms with van der Waals surface area (Å²) in [7, 11) is 0. The zero-order valence-electron chi connectivity index (χ0n) is 11.8. The zero-order valence-corrected chi connectivity index (χ0v) is 16.6. The fraction of sp³-hybridized carbons (Fsp3) is 0.929. The zero-order chi connectivity index (χ0) is 12.1. The Kier molecular flexibility index (Phi) is 22.2. The van der Waals surface area contributed by atoms with Crippen LogP contribution in [0.1, 0.15) is 84.0 Å². The molecule has 0 bridgehead atoms. The minimum absolute atomic E-state index is 0. The van der Waals surface area contributed by atoms with Crippen molar-refractivity contribution in [3.63, 3.8) is 0 Å². The summed E-state index contributed by atoms with van der Waals surface area (Å²) in [6.45, 7) is 2.26. The fourth-order valence-electron chi connectivity index (χ4n) is 1.93. The molecule has 0 N–H and O–H groups in total. The van der Waals surface area contributed by atoms with E-state index in [-0.39, 0.29) is 56.0 Å². The summed E-state index contributed by atoms with van der Waals surface area (Å²) in [5.74, 6) is 0. The van der Waals surface area contributed by atoms with Gasteiger partial charge in [0.25, 0.3) is 0 Å². The number of unbranched alkanes of at least 4 members (excludes halogenated alkanes) is 10. The van der Waals surface area contributed by atoms with E-state index >= 15 is 0 Å². The molecular formula is C14H27KOSe. The third-order valence-corrected chi connectivity index (χ3v) is 3.41. The monoisotopic (exact) mass is 330 g/mol. The van der Waals surface area contributed by atoms with Crippen LogP contribution in [0, 0.1) is 0 Å². The molecule has 0 aromatic heterocycles. The van der Waals surface area contributed by atoms with Gasteiger partial charge in [0.15, 0.2) is 0 Å². The Morgan fingerprint density at radius 2 is 1.12 bits per heavy atom. The van der Waals surface area contributed by atoms with Crippen LogP contribution in [-0.4, -0.2) is 20.2 Å². The first-order valence-electron chi connectivity index (χ1n) is 6.97. The average Bonchev–Trinajstić information content (AvgIpc) is 2.25. The van der Waals surface area contributed by atoms with Crippen LogP contribution in [0.15, 0.2) is 0 Å². The van der Waals surface area contributed by atoms with E-state index in [0.717, 1.165) is 12.8 Å². The SMILES string of the molecule is CCCCCCCCCCCCCC([O-])=[Se].[K+]. The van der Waals surface area contributed by atoms with Crippen molar-refractivity contribution < 1.29 is 56.5 Å². The minimum Gasteiger partial charge on any atom is 1.00 e. The second kappa shape index (κ2) is 17.8. The number of hydrogen-bond donors (Lipinski definition) is 0. The molecule has 96 valence electrons. The Labute approximate surface area is 158 Å². The van der Waals surface area contributed by atoms with Crippen molar-refractivity contribution in [2.45, 2.75) is 84.0 Å². The topological polar surface area (TPSA) is 23.1 Å². The summed E-state index contributed by atoms with van der Waals surface area (Å²) in [4.78, 5) is 0. The van der Waals surface area contributed by atoms with Crippen LogP contribution in [0.5, 0.6) is 0 Å². The van der Waals surface area contributed by atoms with Crippen molar-refractivity contribution in [3.05, 3.63) is 0 Å². The summed E-state index contributed by atoms with van der Waals surface area (Å²) >= 11 is 2.54. The molecule has 0 saturated heterocycles. The molecule has 0 aromatic carbocycles. The van der Waals surface area contributed by atoms with E-state index in [1.54, 1.807) is 0 Å². The van der Waals surface area contributed by atoms with Gasteiger partial charge in [0.2, 0.25) is 0 Å². The maximum absolute atomic E-state index is 10.6. The smallest absolute Gasteiger partial charge is 1.00 e. The van der Waals surface area contributed by atoms with E-state index in [1.165, 1.54) is 64.2 Å². The largest absolute Gasteiger partial charge is 1.00 e. The number of rotatable bonds is 12. The van der Waals surface area contributed by atoms with Gasteiger partial charge in [-0.25, -0.2) is 0 Å². The molecule has 1 nitrogen and oxygen atoms in total. The quantitative estimate of drug-likeness (QED) is 0.374. The average molecular weight is 329 g/mol. The van der Waals surface area contributed by atoms with Crippen LogP contribution < -0.4 is 56.5 Å². The minimum atomic E-state index is 0. The molecule has 0 saturated carbocycles. The van der Waals surface area contributed by atoms with Gasteiger partial charge in [0.05, 0.1) is 0 Å². The second-order valence-electron chi connectivity index (χ2n) is 4.66. The third-order valence-electron chi connectivity index (χ3n) is 2.98. The van der Waals surface area contributed by atoms with Gasteiger partial charge in [-0.2, -0.15) is 0 Å². The van der Waals surface area contributed by atoms with E-state index in [0.29, 0.717) is 0 Å². The predicted octanol–water partition coefficient (Wildman–Crippen LogP) is 0.350. The van der Waals surface area contributed by atoms with Gasteiger partial charge in [0, 0.05) is 0 Å². The molecule has 0 heterocycles. The Hall–Kier alpha value is 1.83. The van der Waals surface area contributed by atoms with Crippen LogP contribution in [0.2, 0.25) is 0 Å². The normalized spacial score (nSPS) is 9.94. The van der Waals surface area contributed by atoms with Crippen molar-refractivity contribution >= 4 is 20.2 Å². The molecule has 0 amide bonds. The summed E-state index contributed by atoms with van der Waals surface area (Å²) < 4.78 is 0.218.